The fraction of sp³-hybridized carbons (Fsp3) is 0. The average Bonchev–Trinajstić information content (AvgIpc) is 4.06. The lowest BCUT2D eigenvalue weighted by Crippen LogP contribution is -2.01. The summed E-state index contributed by atoms with van der Waals surface area (Å²) in [6.07, 6.45) is 0. The molecule has 0 fully saturated rings. The van der Waals surface area contributed by atoms with E-state index in [4.69, 9.17) is 29.6 Å². The topological polar surface area (TPSA) is 87.5 Å². The molecule has 0 spiro atoms. The van der Waals surface area contributed by atoms with Gasteiger partial charge in [0.2, 0.25) is 11.8 Å². The van der Waals surface area contributed by atoms with Gasteiger partial charge in [-0.05, 0) is 48.5 Å². The minimum atomic E-state index is 0.428. The number of fused-ring (bicyclic) bond motifs is 6. The molecule has 12 aromatic rings. The molecule has 8 heteroatoms. The van der Waals surface area contributed by atoms with Crippen molar-refractivity contribution in [1.29, 1.82) is 0 Å². The maximum absolute atomic E-state index is 6.77. The number of hydrogen-bond acceptors (Lipinski definition) is 6. The van der Waals surface area contributed by atoms with Gasteiger partial charge in [-0.2, -0.15) is 0 Å². The number of hydrogen-bond donors (Lipinski definition) is 0. The van der Waals surface area contributed by atoms with Crippen LogP contribution in [-0.2, 0) is 0 Å². The molecule has 0 radical (unpaired) electrons. The van der Waals surface area contributed by atoms with Crippen LogP contribution in [0.4, 0.5) is 0 Å². The molecule has 61 heavy (non-hydrogen) atoms. The van der Waals surface area contributed by atoms with Gasteiger partial charge in [0, 0.05) is 49.6 Å². The largest absolute Gasteiger partial charge is 0.416 e. The quantitative estimate of drug-likeness (QED) is 0.160. The summed E-state index contributed by atoms with van der Waals surface area (Å²) in [5.74, 6) is 2.68. The maximum Gasteiger partial charge on any atom is 0.250 e. The average molecular weight is 784 g/mol. The summed E-state index contributed by atoms with van der Waals surface area (Å²) in [4.78, 5) is 15.0. The predicted octanol–water partition coefficient (Wildman–Crippen LogP) is 12.8. The molecule has 0 N–H and O–H groups in total. The lowest BCUT2D eigenvalue weighted by atomic mass is 10.1. The molecule has 4 aromatic heterocycles. The van der Waals surface area contributed by atoms with Crippen molar-refractivity contribution in [3.8, 4) is 68.4 Å². The molecule has 8 nitrogen and oxygen atoms in total. The lowest BCUT2D eigenvalue weighted by molar-refractivity contribution is 0.585. The molecular weight excluding hydrogens is 751 g/mol. The monoisotopic (exact) mass is 783 g/mol. The van der Waals surface area contributed by atoms with E-state index < -0.39 is 0 Å². The van der Waals surface area contributed by atoms with Crippen molar-refractivity contribution in [2.45, 2.75) is 0 Å². The van der Waals surface area contributed by atoms with Crippen molar-refractivity contribution >= 4 is 43.6 Å². The Morgan fingerprint density at radius 2 is 0.721 bits per heavy atom. The van der Waals surface area contributed by atoms with Crippen LogP contribution in [0, 0.1) is 0 Å². The van der Waals surface area contributed by atoms with E-state index in [1.54, 1.807) is 0 Å². The number of nitrogens with zero attached hydrogens (tertiary/aromatic N) is 7. The van der Waals surface area contributed by atoms with Crippen LogP contribution in [0.3, 0.4) is 0 Å². The molecule has 0 saturated heterocycles. The number of rotatable bonds is 7. The van der Waals surface area contributed by atoms with Crippen LogP contribution in [0.1, 0.15) is 0 Å². The predicted molar refractivity (Wildman–Crippen MR) is 244 cm³/mol. The fourth-order valence-corrected chi connectivity index (χ4v) is 8.66. The Morgan fingerprint density at radius 3 is 1.26 bits per heavy atom. The molecule has 0 aliphatic rings. The van der Waals surface area contributed by atoms with Gasteiger partial charge in [-0.3, -0.25) is 0 Å². The van der Waals surface area contributed by atoms with Gasteiger partial charge < -0.3 is 13.6 Å². The van der Waals surface area contributed by atoms with E-state index in [1.807, 2.05) is 66.7 Å². The first-order chi connectivity index (χ1) is 30.3. The van der Waals surface area contributed by atoms with Gasteiger partial charge in [-0.25, -0.2) is 15.0 Å². The molecule has 0 unspecified atom stereocenters. The molecule has 0 saturated carbocycles. The van der Waals surface area contributed by atoms with Crippen LogP contribution >= 0.6 is 0 Å². The molecule has 12 rings (SSSR count). The molecule has 0 bridgehead atoms. The smallest absolute Gasteiger partial charge is 0.250 e. The van der Waals surface area contributed by atoms with E-state index in [1.165, 1.54) is 0 Å². The highest BCUT2D eigenvalue weighted by molar-refractivity contribution is 6.14. The maximum atomic E-state index is 6.77. The Morgan fingerprint density at radius 1 is 0.328 bits per heavy atom. The van der Waals surface area contributed by atoms with E-state index in [2.05, 4.69) is 143 Å². The summed E-state index contributed by atoms with van der Waals surface area (Å²) in [5.41, 5.74) is 10.5. The normalized spacial score (nSPS) is 11.6. The van der Waals surface area contributed by atoms with E-state index in [0.29, 0.717) is 29.3 Å². The van der Waals surface area contributed by atoms with Crippen molar-refractivity contribution in [3.05, 3.63) is 200 Å². The van der Waals surface area contributed by atoms with Gasteiger partial charge in [0.15, 0.2) is 17.5 Å². The van der Waals surface area contributed by atoms with E-state index >= 15 is 0 Å². The third kappa shape index (κ3) is 5.72. The first-order valence-corrected chi connectivity index (χ1v) is 20.2. The number of benzene rings is 8. The molecule has 4 heterocycles. The molecule has 8 aromatic carbocycles. The molecule has 0 aliphatic carbocycles. The highest BCUT2D eigenvalue weighted by Crippen LogP contribution is 2.41. The third-order valence-corrected chi connectivity index (χ3v) is 11.4. The van der Waals surface area contributed by atoms with Crippen molar-refractivity contribution in [1.82, 2.24) is 34.3 Å². The Bertz CT molecular complexity index is 3530. The number of para-hydroxylation sites is 5. The van der Waals surface area contributed by atoms with Crippen LogP contribution in [-0.4, -0.2) is 34.3 Å². The summed E-state index contributed by atoms with van der Waals surface area (Å²) in [6.45, 7) is 0. The Labute approximate surface area is 349 Å². The Kier molecular flexibility index (Phi) is 7.99. The molecule has 0 atom stereocenters. The number of aromatic nitrogens is 7. The first kappa shape index (κ1) is 34.5. The zero-order valence-corrected chi connectivity index (χ0v) is 32.6. The first-order valence-electron chi connectivity index (χ1n) is 20.2. The van der Waals surface area contributed by atoms with Crippen molar-refractivity contribution in [2.75, 3.05) is 0 Å². The summed E-state index contributed by atoms with van der Waals surface area (Å²) >= 11 is 0. The van der Waals surface area contributed by atoms with Crippen LogP contribution in [0.15, 0.2) is 205 Å². The molecule has 286 valence electrons. The highest BCUT2D eigenvalue weighted by Gasteiger charge is 2.23. The van der Waals surface area contributed by atoms with E-state index in [-0.39, 0.29) is 0 Å². The van der Waals surface area contributed by atoms with Gasteiger partial charge in [0.1, 0.15) is 0 Å². The standard InChI is InChI=1S/C53H33N7O/c1-4-17-34(18-5-1)49-54-50(35-19-6-2-7-20-35)56-51(55-49)36-21-14-24-38(33-36)60-46-32-13-11-26-40(46)42-28-16-30-44(48(42)60)53-58-57-52(61-53)43-29-15-27-41-39-25-10-12-31-45(39)59(47(41)43)37-22-8-3-9-23-37/h1-33H. The highest BCUT2D eigenvalue weighted by atomic mass is 16.4. The third-order valence-electron chi connectivity index (χ3n) is 11.4. The summed E-state index contributed by atoms with van der Waals surface area (Å²) in [5, 5.41) is 14.0. The van der Waals surface area contributed by atoms with E-state index in [0.717, 1.165) is 82.8 Å². The van der Waals surface area contributed by atoms with Crippen LogP contribution < -0.4 is 0 Å². The molecular formula is C53H33N7O. The van der Waals surface area contributed by atoms with Gasteiger partial charge >= 0.3 is 0 Å². The van der Waals surface area contributed by atoms with Crippen LogP contribution in [0.2, 0.25) is 0 Å². The van der Waals surface area contributed by atoms with Gasteiger partial charge in [-0.1, -0.05) is 152 Å². The van der Waals surface area contributed by atoms with E-state index in [9.17, 15) is 0 Å². The minimum Gasteiger partial charge on any atom is -0.416 e. The van der Waals surface area contributed by atoms with Gasteiger partial charge in [-0.15, -0.1) is 10.2 Å². The Hall–Kier alpha value is -8.49. The summed E-state index contributed by atoms with van der Waals surface area (Å²) < 4.78 is 11.3. The zero-order chi connectivity index (χ0) is 40.3. The van der Waals surface area contributed by atoms with Crippen molar-refractivity contribution in [3.63, 3.8) is 0 Å². The molecule has 0 aliphatic heterocycles. The van der Waals surface area contributed by atoms with Gasteiger partial charge in [0.05, 0.1) is 33.2 Å². The summed E-state index contributed by atoms with van der Waals surface area (Å²) in [6, 6.07) is 68.4. The second-order valence-corrected chi connectivity index (χ2v) is 14.9. The second kappa shape index (κ2) is 14.1. The SMILES string of the molecule is c1ccc(-c2nc(-c3ccccc3)nc(-c3cccc(-n4c5ccccc5c5cccc(-c6nnc(-c7cccc8c9ccccc9n(-c9ccccc9)c78)o6)c54)c3)n2)cc1. The second-order valence-electron chi connectivity index (χ2n) is 14.9. The fourth-order valence-electron chi connectivity index (χ4n) is 8.66. The zero-order valence-electron chi connectivity index (χ0n) is 32.6. The lowest BCUT2D eigenvalue weighted by Gasteiger charge is -2.12. The van der Waals surface area contributed by atoms with Gasteiger partial charge in [0.25, 0.3) is 0 Å². The summed E-state index contributed by atoms with van der Waals surface area (Å²) in [7, 11) is 0. The minimum absolute atomic E-state index is 0.428. The van der Waals surface area contributed by atoms with Crippen molar-refractivity contribution < 1.29 is 4.42 Å². The Balaban J connectivity index is 1.03. The van der Waals surface area contributed by atoms with Crippen LogP contribution in [0.25, 0.3) is 112 Å². The van der Waals surface area contributed by atoms with Crippen molar-refractivity contribution in [2.24, 2.45) is 0 Å². The van der Waals surface area contributed by atoms with Crippen LogP contribution in [0.5, 0.6) is 0 Å². The molecule has 0 amide bonds.